The average molecular weight is 238 g/mol. The van der Waals surface area contributed by atoms with Crippen LogP contribution in [0, 0.1) is 19.8 Å². The summed E-state index contributed by atoms with van der Waals surface area (Å²) in [4.78, 5) is 6.14. The molecule has 1 aromatic rings. The zero-order valence-electron chi connectivity index (χ0n) is 10.5. The van der Waals surface area contributed by atoms with Gasteiger partial charge in [0.05, 0.1) is 11.4 Å². The van der Waals surface area contributed by atoms with E-state index in [0.717, 1.165) is 11.4 Å². The van der Waals surface area contributed by atoms with Crippen LogP contribution in [0.2, 0.25) is 0 Å². The summed E-state index contributed by atoms with van der Waals surface area (Å²) in [6.45, 7) is 6.16. The number of aromatic nitrogens is 3. The SMILES string of the molecule is Cc1nnc(N(C)CC(C)C(N)=NO)nc1C. The molecule has 0 aliphatic heterocycles. The Morgan fingerprint density at radius 2 is 2.06 bits per heavy atom. The molecule has 0 amide bonds. The van der Waals surface area contributed by atoms with Gasteiger partial charge in [-0.2, -0.15) is 5.10 Å². The number of nitrogens with zero attached hydrogens (tertiary/aromatic N) is 5. The molecule has 1 rings (SSSR count). The Kier molecular flexibility index (Phi) is 4.19. The third-order valence-electron chi connectivity index (χ3n) is 2.59. The van der Waals surface area contributed by atoms with Crippen molar-refractivity contribution in [3.05, 3.63) is 11.4 Å². The largest absolute Gasteiger partial charge is 0.409 e. The topological polar surface area (TPSA) is 101 Å². The molecule has 3 N–H and O–H groups in total. The summed E-state index contributed by atoms with van der Waals surface area (Å²) in [5.41, 5.74) is 7.17. The number of rotatable bonds is 4. The van der Waals surface area contributed by atoms with E-state index in [2.05, 4.69) is 20.3 Å². The van der Waals surface area contributed by atoms with Crippen LogP contribution in [0.15, 0.2) is 5.16 Å². The molecule has 0 radical (unpaired) electrons. The number of anilines is 1. The Morgan fingerprint density at radius 3 is 2.59 bits per heavy atom. The standard InChI is InChI=1S/C10H18N6O/c1-6(9(11)15-17)5-16(4)10-12-7(2)8(3)13-14-10/h6,17H,5H2,1-4H3,(H2,11,15). The zero-order valence-corrected chi connectivity index (χ0v) is 10.5. The van der Waals surface area contributed by atoms with E-state index in [1.807, 2.05) is 32.7 Å². The molecule has 0 saturated heterocycles. The Balaban J connectivity index is 2.76. The van der Waals surface area contributed by atoms with Crippen LogP contribution in [0.1, 0.15) is 18.3 Å². The first-order chi connectivity index (χ1) is 7.95. The summed E-state index contributed by atoms with van der Waals surface area (Å²) in [6.07, 6.45) is 0. The van der Waals surface area contributed by atoms with E-state index in [4.69, 9.17) is 10.9 Å². The van der Waals surface area contributed by atoms with Crippen molar-refractivity contribution in [2.45, 2.75) is 20.8 Å². The molecule has 17 heavy (non-hydrogen) atoms. The zero-order chi connectivity index (χ0) is 13.0. The van der Waals surface area contributed by atoms with E-state index < -0.39 is 0 Å². The normalized spacial score (nSPS) is 13.5. The monoisotopic (exact) mass is 238 g/mol. The van der Waals surface area contributed by atoms with Crippen LogP contribution in [0.25, 0.3) is 0 Å². The molecule has 0 aliphatic rings. The van der Waals surface area contributed by atoms with Crippen LogP contribution < -0.4 is 10.6 Å². The van der Waals surface area contributed by atoms with Crippen LogP contribution in [0.4, 0.5) is 5.95 Å². The molecular formula is C10H18N6O. The molecule has 0 fully saturated rings. The maximum atomic E-state index is 8.57. The number of hydrogen-bond acceptors (Lipinski definition) is 6. The van der Waals surface area contributed by atoms with Crippen molar-refractivity contribution >= 4 is 11.8 Å². The third-order valence-corrected chi connectivity index (χ3v) is 2.59. The van der Waals surface area contributed by atoms with Gasteiger partial charge < -0.3 is 15.8 Å². The molecule has 1 atom stereocenters. The quantitative estimate of drug-likeness (QED) is 0.339. The second-order valence-corrected chi connectivity index (χ2v) is 4.09. The van der Waals surface area contributed by atoms with Crippen LogP contribution in [0.5, 0.6) is 0 Å². The van der Waals surface area contributed by atoms with E-state index in [0.29, 0.717) is 12.5 Å². The summed E-state index contributed by atoms with van der Waals surface area (Å²) >= 11 is 0. The number of nitrogens with two attached hydrogens (primary N) is 1. The Morgan fingerprint density at radius 1 is 1.41 bits per heavy atom. The van der Waals surface area contributed by atoms with Gasteiger partial charge in [-0.25, -0.2) is 4.98 Å². The lowest BCUT2D eigenvalue weighted by atomic mass is 10.1. The van der Waals surface area contributed by atoms with Crippen molar-refractivity contribution in [1.29, 1.82) is 0 Å². The molecular weight excluding hydrogens is 220 g/mol. The third kappa shape index (κ3) is 3.27. The van der Waals surface area contributed by atoms with Crippen LogP contribution in [-0.4, -0.2) is 39.8 Å². The second kappa shape index (κ2) is 5.42. The van der Waals surface area contributed by atoms with Gasteiger partial charge >= 0.3 is 0 Å². The average Bonchev–Trinajstić information content (AvgIpc) is 2.31. The summed E-state index contributed by atoms with van der Waals surface area (Å²) in [5, 5.41) is 19.6. The highest BCUT2D eigenvalue weighted by Gasteiger charge is 2.14. The lowest BCUT2D eigenvalue weighted by Crippen LogP contribution is -2.33. The van der Waals surface area contributed by atoms with E-state index in [1.165, 1.54) is 0 Å². The minimum Gasteiger partial charge on any atom is -0.409 e. The summed E-state index contributed by atoms with van der Waals surface area (Å²) < 4.78 is 0. The lowest BCUT2D eigenvalue weighted by Gasteiger charge is -2.20. The van der Waals surface area contributed by atoms with Crippen molar-refractivity contribution in [2.75, 3.05) is 18.5 Å². The van der Waals surface area contributed by atoms with E-state index >= 15 is 0 Å². The summed E-state index contributed by atoms with van der Waals surface area (Å²) in [6, 6.07) is 0. The number of oxime groups is 1. The molecule has 1 heterocycles. The maximum Gasteiger partial charge on any atom is 0.245 e. The minimum absolute atomic E-state index is 0.0878. The van der Waals surface area contributed by atoms with Gasteiger partial charge in [0.1, 0.15) is 5.84 Å². The Labute approximate surface area is 100 Å². The number of aryl methyl sites for hydroxylation is 2. The fraction of sp³-hybridized carbons (Fsp3) is 0.600. The number of hydrogen-bond donors (Lipinski definition) is 2. The number of amidine groups is 1. The molecule has 7 nitrogen and oxygen atoms in total. The predicted molar refractivity (Wildman–Crippen MR) is 65.1 cm³/mol. The summed E-state index contributed by atoms with van der Waals surface area (Å²) in [5.74, 6) is 0.634. The first kappa shape index (κ1) is 13.1. The Bertz CT molecular complexity index is 419. The first-order valence-corrected chi connectivity index (χ1v) is 5.32. The van der Waals surface area contributed by atoms with Gasteiger partial charge in [0.2, 0.25) is 5.95 Å². The van der Waals surface area contributed by atoms with Crippen molar-refractivity contribution in [3.8, 4) is 0 Å². The van der Waals surface area contributed by atoms with Gasteiger partial charge in [-0.15, -0.1) is 5.10 Å². The van der Waals surface area contributed by atoms with Gasteiger partial charge in [-0.3, -0.25) is 0 Å². The fourth-order valence-electron chi connectivity index (χ4n) is 1.29. The van der Waals surface area contributed by atoms with Crippen LogP contribution >= 0.6 is 0 Å². The highest BCUT2D eigenvalue weighted by Crippen LogP contribution is 2.08. The molecule has 0 bridgehead atoms. The first-order valence-electron chi connectivity index (χ1n) is 5.32. The highest BCUT2D eigenvalue weighted by molar-refractivity contribution is 5.82. The van der Waals surface area contributed by atoms with Gasteiger partial charge in [-0.1, -0.05) is 12.1 Å². The van der Waals surface area contributed by atoms with E-state index in [1.54, 1.807) is 0 Å². The van der Waals surface area contributed by atoms with E-state index in [-0.39, 0.29) is 11.8 Å². The molecule has 0 saturated carbocycles. The molecule has 1 unspecified atom stereocenters. The molecule has 0 aliphatic carbocycles. The minimum atomic E-state index is -0.0878. The van der Waals surface area contributed by atoms with Gasteiger partial charge in [0.25, 0.3) is 0 Å². The van der Waals surface area contributed by atoms with Crippen molar-refractivity contribution in [2.24, 2.45) is 16.8 Å². The molecule has 94 valence electrons. The van der Waals surface area contributed by atoms with Gasteiger partial charge in [-0.05, 0) is 13.8 Å². The molecule has 7 heteroatoms. The second-order valence-electron chi connectivity index (χ2n) is 4.09. The molecule has 0 spiro atoms. The molecule has 0 aromatic carbocycles. The van der Waals surface area contributed by atoms with Gasteiger partial charge in [0, 0.05) is 19.5 Å². The van der Waals surface area contributed by atoms with Crippen molar-refractivity contribution < 1.29 is 5.21 Å². The molecule has 1 aromatic heterocycles. The highest BCUT2D eigenvalue weighted by atomic mass is 16.4. The smallest absolute Gasteiger partial charge is 0.245 e. The van der Waals surface area contributed by atoms with Gasteiger partial charge in [0.15, 0.2) is 0 Å². The van der Waals surface area contributed by atoms with E-state index in [9.17, 15) is 0 Å². The Hall–Kier alpha value is -1.92. The predicted octanol–water partition coefficient (Wildman–Crippen LogP) is 0.307. The maximum absolute atomic E-state index is 8.57. The van der Waals surface area contributed by atoms with Crippen LogP contribution in [0.3, 0.4) is 0 Å². The van der Waals surface area contributed by atoms with Crippen molar-refractivity contribution in [1.82, 2.24) is 15.2 Å². The fourth-order valence-corrected chi connectivity index (χ4v) is 1.29. The summed E-state index contributed by atoms with van der Waals surface area (Å²) in [7, 11) is 1.84. The van der Waals surface area contributed by atoms with Crippen LogP contribution in [-0.2, 0) is 0 Å². The van der Waals surface area contributed by atoms with Crippen molar-refractivity contribution in [3.63, 3.8) is 0 Å². The lowest BCUT2D eigenvalue weighted by molar-refractivity contribution is 0.314.